The topological polar surface area (TPSA) is 23.8 Å². The maximum Gasteiger partial charge on any atom is 0.100 e. The first-order valence-corrected chi connectivity index (χ1v) is 14.9. The zero-order valence-corrected chi connectivity index (χ0v) is 23.0. The van der Waals surface area contributed by atoms with E-state index in [2.05, 4.69) is 127 Å². The molecule has 0 saturated carbocycles. The van der Waals surface area contributed by atoms with E-state index in [1.54, 1.807) is 11.3 Å². The molecule has 0 saturated heterocycles. The standard InChI is InChI=1S/C37H21NS2/c38-22-33-31(24-17-18-28-26-11-4-6-15-34(26)39-36(28)21-24)19-25(23-9-2-1-3-10-23)20-32(33)30-14-8-13-29-27-12-5-7-16-35(27)40-37(29)30/h1-21H. The zero-order chi connectivity index (χ0) is 26.6. The molecule has 0 aliphatic rings. The summed E-state index contributed by atoms with van der Waals surface area (Å²) in [5.74, 6) is 0. The second-order valence-corrected chi connectivity index (χ2v) is 12.1. The fraction of sp³-hybridized carbons (Fsp3) is 0. The molecule has 0 spiro atoms. The van der Waals surface area contributed by atoms with Crippen molar-refractivity contribution >= 4 is 63.0 Å². The molecular weight excluding hydrogens is 523 g/mol. The summed E-state index contributed by atoms with van der Waals surface area (Å²) in [6.07, 6.45) is 0. The lowest BCUT2D eigenvalue weighted by Crippen LogP contribution is -1.93. The van der Waals surface area contributed by atoms with Gasteiger partial charge in [-0.25, -0.2) is 0 Å². The molecule has 0 N–H and O–H groups in total. The zero-order valence-electron chi connectivity index (χ0n) is 21.4. The van der Waals surface area contributed by atoms with E-state index in [1.807, 2.05) is 17.4 Å². The molecule has 8 aromatic rings. The Hall–Kier alpha value is -4.75. The van der Waals surface area contributed by atoms with E-state index >= 15 is 0 Å². The third-order valence-electron chi connectivity index (χ3n) is 7.74. The van der Waals surface area contributed by atoms with Crippen molar-refractivity contribution in [2.24, 2.45) is 0 Å². The number of rotatable bonds is 3. The van der Waals surface area contributed by atoms with E-state index in [0.717, 1.165) is 33.4 Å². The Balaban J connectivity index is 1.44. The van der Waals surface area contributed by atoms with Crippen LogP contribution in [-0.2, 0) is 0 Å². The quantitative estimate of drug-likeness (QED) is 0.217. The molecule has 1 nitrogen and oxygen atoms in total. The maximum absolute atomic E-state index is 10.7. The second kappa shape index (κ2) is 9.17. The fourth-order valence-electron chi connectivity index (χ4n) is 5.85. The Bertz CT molecular complexity index is 2280. The van der Waals surface area contributed by atoms with Crippen molar-refractivity contribution in [1.82, 2.24) is 0 Å². The van der Waals surface area contributed by atoms with Gasteiger partial charge in [-0.15, -0.1) is 22.7 Å². The molecule has 186 valence electrons. The van der Waals surface area contributed by atoms with Gasteiger partial charge in [0.25, 0.3) is 0 Å². The van der Waals surface area contributed by atoms with Crippen LogP contribution in [-0.4, -0.2) is 0 Å². The Labute approximate surface area is 239 Å². The molecule has 0 aliphatic heterocycles. The molecule has 0 aliphatic carbocycles. The highest BCUT2D eigenvalue weighted by Crippen LogP contribution is 2.44. The monoisotopic (exact) mass is 543 g/mol. The van der Waals surface area contributed by atoms with E-state index in [-0.39, 0.29) is 0 Å². The smallest absolute Gasteiger partial charge is 0.100 e. The predicted octanol–water partition coefficient (Wildman–Crippen LogP) is 11.3. The van der Waals surface area contributed by atoms with E-state index in [9.17, 15) is 5.26 Å². The first kappa shape index (κ1) is 23.2. The molecule has 0 radical (unpaired) electrons. The summed E-state index contributed by atoms with van der Waals surface area (Å²) in [4.78, 5) is 0. The van der Waals surface area contributed by atoms with Crippen LogP contribution in [0.2, 0.25) is 0 Å². The summed E-state index contributed by atoms with van der Waals surface area (Å²) in [5, 5.41) is 15.7. The Kier molecular flexibility index (Phi) is 5.31. The Morgan fingerprint density at radius 2 is 1.07 bits per heavy atom. The molecule has 0 atom stereocenters. The minimum absolute atomic E-state index is 0.713. The molecule has 0 unspecified atom stereocenters. The van der Waals surface area contributed by atoms with Gasteiger partial charge in [0.15, 0.2) is 0 Å². The van der Waals surface area contributed by atoms with E-state index in [0.29, 0.717) is 5.56 Å². The first-order chi connectivity index (χ1) is 19.8. The normalized spacial score (nSPS) is 11.5. The van der Waals surface area contributed by atoms with Crippen LogP contribution in [0.4, 0.5) is 0 Å². The van der Waals surface area contributed by atoms with Crippen LogP contribution >= 0.6 is 22.7 Å². The third-order valence-corrected chi connectivity index (χ3v) is 10.1. The number of thiophene rings is 2. The molecule has 40 heavy (non-hydrogen) atoms. The molecule has 8 rings (SSSR count). The maximum atomic E-state index is 10.7. The minimum atomic E-state index is 0.713. The van der Waals surface area contributed by atoms with Crippen molar-refractivity contribution in [1.29, 1.82) is 5.26 Å². The SMILES string of the molecule is N#Cc1c(-c2ccc3c(c2)sc2ccccc23)cc(-c2ccccc2)cc1-c1cccc2c1sc1ccccc12. The number of hydrogen-bond acceptors (Lipinski definition) is 3. The lowest BCUT2D eigenvalue weighted by atomic mass is 9.88. The summed E-state index contributed by atoms with van der Waals surface area (Å²) < 4.78 is 5.00. The predicted molar refractivity (Wildman–Crippen MR) is 173 cm³/mol. The van der Waals surface area contributed by atoms with Gasteiger partial charge in [-0.1, -0.05) is 97.1 Å². The van der Waals surface area contributed by atoms with Crippen molar-refractivity contribution in [3.8, 4) is 39.4 Å². The van der Waals surface area contributed by atoms with Crippen molar-refractivity contribution in [2.75, 3.05) is 0 Å². The van der Waals surface area contributed by atoms with Crippen LogP contribution < -0.4 is 0 Å². The van der Waals surface area contributed by atoms with Crippen molar-refractivity contribution in [3.63, 3.8) is 0 Å². The summed E-state index contributed by atoms with van der Waals surface area (Å²) >= 11 is 3.61. The summed E-state index contributed by atoms with van der Waals surface area (Å²) in [6.45, 7) is 0. The van der Waals surface area contributed by atoms with Gasteiger partial charge in [0, 0.05) is 57.0 Å². The van der Waals surface area contributed by atoms with Gasteiger partial charge >= 0.3 is 0 Å². The molecule has 2 heterocycles. The van der Waals surface area contributed by atoms with Gasteiger partial charge in [-0.3, -0.25) is 0 Å². The number of nitrogens with zero attached hydrogens (tertiary/aromatic N) is 1. The summed E-state index contributed by atoms with van der Waals surface area (Å²) in [5.41, 5.74) is 7.09. The fourth-order valence-corrected chi connectivity index (χ4v) is 8.23. The second-order valence-electron chi connectivity index (χ2n) is 10.0. The van der Waals surface area contributed by atoms with Crippen LogP contribution in [0.1, 0.15) is 5.56 Å². The van der Waals surface area contributed by atoms with Gasteiger partial charge in [-0.2, -0.15) is 5.26 Å². The largest absolute Gasteiger partial charge is 0.192 e. The third kappa shape index (κ3) is 3.58. The lowest BCUT2D eigenvalue weighted by Gasteiger charge is -2.15. The number of nitriles is 1. The van der Waals surface area contributed by atoms with Crippen LogP contribution in [0.25, 0.3) is 73.7 Å². The highest BCUT2D eigenvalue weighted by atomic mass is 32.1. The van der Waals surface area contributed by atoms with Crippen molar-refractivity contribution in [2.45, 2.75) is 0 Å². The molecule has 0 bridgehead atoms. The van der Waals surface area contributed by atoms with Crippen molar-refractivity contribution < 1.29 is 0 Å². The van der Waals surface area contributed by atoms with Gasteiger partial charge in [0.1, 0.15) is 6.07 Å². The Morgan fingerprint density at radius 3 is 1.88 bits per heavy atom. The minimum Gasteiger partial charge on any atom is -0.192 e. The van der Waals surface area contributed by atoms with Gasteiger partial charge in [0.05, 0.1) is 5.56 Å². The van der Waals surface area contributed by atoms with Crippen LogP contribution in [0.15, 0.2) is 127 Å². The average Bonchev–Trinajstić information content (AvgIpc) is 3.59. The van der Waals surface area contributed by atoms with Gasteiger partial charge < -0.3 is 0 Å². The van der Waals surface area contributed by atoms with Crippen molar-refractivity contribution in [3.05, 3.63) is 133 Å². The molecule has 0 fully saturated rings. The molecule has 2 aromatic heterocycles. The molecule has 6 aromatic carbocycles. The first-order valence-electron chi connectivity index (χ1n) is 13.2. The van der Waals surface area contributed by atoms with E-state index in [1.165, 1.54) is 40.3 Å². The highest BCUT2D eigenvalue weighted by Gasteiger charge is 2.19. The van der Waals surface area contributed by atoms with Gasteiger partial charge in [0.2, 0.25) is 0 Å². The number of hydrogen-bond donors (Lipinski definition) is 0. The van der Waals surface area contributed by atoms with Crippen LogP contribution in [0, 0.1) is 11.3 Å². The summed E-state index contributed by atoms with van der Waals surface area (Å²) in [6, 6.07) is 47.7. The number of fused-ring (bicyclic) bond motifs is 6. The van der Waals surface area contributed by atoms with Crippen LogP contribution in [0.5, 0.6) is 0 Å². The summed E-state index contributed by atoms with van der Waals surface area (Å²) in [7, 11) is 0. The average molecular weight is 544 g/mol. The highest BCUT2D eigenvalue weighted by molar-refractivity contribution is 7.26. The van der Waals surface area contributed by atoms with Gasteiger partial charge in [-0.05, 0) is 47.0 Å². The van der Waals surface area contributed by atoms with E-state index < -0.39 is 0 Å². The lowest BCUT2D eigenvalue weighted by molar-refractivity contribution is 1.47. The molecule has 0 amide bonds. The molecular formula is C37H21NS2. The van der Waals surface area contributed by atoms with E-state index in [4.69, 9.17) is 0 Å². The number of benzene rings is 6. The van der Waals surface area contributed by atoms with Crippen LogP contribution in [0.3, 0.4) is 0 Å². The molecule has 3 heteroatoms. The Morgan fingerprint density at radius 1 is 0.425 bits per heavy atom.